The molecule has 1 aromatic rings. The second-order valence-electron chi connectivity index (χ2n) is 4.43. The van der Waals surface area contributed by atoms with Crippen LogP contribution in [0.3, 0.4) is 0 Å². The predicted octanol–water partition coefficient (Wildman–Crippen LogP) is 4.56. The summed E-state index contributed by atoms with van der Waals surface area (Å²) in [6.45, 7) is 13.6. The quantitative estimate of drug-likeness (QED) is 0.498. The van der Waals surface area contributed by atoms with Crippen LogP contribution in [0.4, 0.5) is 0 Å². The fourth-order valence-corrected chi connectivity index (χ4v) is 5.10. The molecule has 0 atom stereocenters. The molecule has 0 aliphatic heterocycles. The number of nitrogens with zero attached hydrogens (tertiary/aromatic N) is 2. The van der Waals surface area contributed by atoms with Crippen LogP contribution in [0, 0.1) is 0 Å². The summed E-state index contributed by atoms with van der Waals surface area (Å²) in [6.07, 6.45) is 1.16. The van der Waals surface area contributed by atoms with Gasteiger partial charge in [0.2, 0.25) is 0 Å². The molecule has 0 N–H and O–H groups in total. The first-order valence-corrected chi connectivity index (χ1v) is 9.40. The van der Waals surface area contributed by atoms with Crippen molar-refractivity contribution in [2.75, 3.05) is 26.2 Å². The summed E-state index contributed by atoms with van der Waals surface area (Å²) in [5.41, 5.74) is 1.44. The molecule has 3 radical (unpaired) electrons. The van der Waals surface area contributed by atoms with Gasteiger partial charge < -0.3 is 0 Å². The lowest BCUT2D eigenvalue weighted by molar-refractivity contribution is 0.422. The summed E-state index contributed by atoms with van der Waals surface area (Å²) in [5, 5.41) is 0. The van der Waals surface area contributed by atoms with Gasteiger partial charge in [-0.3, -0.25) is 9.34 Å². The Labute approximate surface area is 136 Å². The van der Waals surface area contributed by atoms with Gasteiger partial charge in [0.25, 0.3) is 0 Å². The Morgan fingerprint density at radius 1 is 0.850 bits per heavy atom. The first-order valence-electron chi connectivity index (χ1n) is 7.17. The Bertz CT molecular complexity index is 341. The maximum Gasteiger partial charge on any atom is 0.0440 e. The van der Waals surface area contributed by atoms with E-state index in [1.165, 1.54) is 5.56 Å². The molecule has 2 nitrogen and oxygen atoms in total. The third kappa shape index (κ3) is 5.85. The Hall–Kier alpha value is 0.115. The Kier molecular flexibility index (Phi) is 10.8. The minimum Gasteiger partial charge on any atom is -0.270 e. The fraction of sp³-hybridized carbons (Fsp3) is 0.600. The largest absolute Gasteiger partial charge is 0.270 e. The lowest BCUT2D eigenvalue weighted by Crippen LogP contribution is -2.29. The van der Waals surface area contributed by atoms with Crippen LogP contribution in [0.5, 0.6) is 0 Å². The van der Waals surface area contributed by atoms with Crippen molar-refractivity contribution < 1.29 is 0 Å². The zero-order valence-electron chi connectivity index (χ0n) is 13.1. The summed E-state index contributed by atoms with van der Waals surface area (Å²) in [4.78, 5) is 0. The summed E-state index contributed by atoms with van der Waals surface area (Å²) in [7, 11) is -0.222. The fourth-order valence-electron chi connectivity index (χ4n) is 2.23. The molecule has 5 heteroatoms. The van der Waals surface area contributed by atoms with E-state index in [0.717, 1.165) is 36.8 Å². The summed E-state index contributed by atoms with van der Waals surface area (Å²) in [6, 6.07) is 8.78. The van der Waals surface area contributed by atoms with Crippen molar-refractivity contribution in [1.82, 2.24) is 9.34 Å². The van der Waals surface area contributed by atoms with Crippen molar-refractivity contribution in [3.8, 4) is 0 Å². The lowest BCUT2D eigenvalue weighted by atomic mass is 10.2. The number of benzene rings is 1. The second-order valence-corrected chi connectivity index (χ2v) is 7.54. The molecular formula is C15H26BBrN2P. The topological polar surface area (TPSA) is 6.48 Å². The number of hydrogen-bond donors (Lipinski definition) is 0. The maximum atomic E-state index is 3.51. The van der Waals surface area contributed by atoms with Crippen LogP contribution < -0.4 is 0 Å². The van der Waals surface area contributed by atoms with Gasteiger partial charge >= 0.3 is 0 Å². The van der Waals surface area contributed by atoms with Crippen molar-refractivity contribution in [2.45, 2.75) is 33.9 Å². The van der Waals surface area contributed by atoms with E-state index in [0.29, 0.717) is 0 Å². The van der Waals surface area contributed by atoms with Crippen LogP contribution in [-0.4, -0.2) is 43.9 Å². The van der Waals surface area contributed by atoms with Crippen LogP contribution in [0.2, 0.25) is 0 Å². The molecular weight excluding hydrogens is 330 g/mol. The zero-order valence-corrected chi connectivity index (χ0v) is 15.6. The van der Waals surface area contributed by atoms with E-state index >= 15 is 0 Å². The standard InChI is InChI=1S/C15H26BrN2P.B/c1-5-17(6-2)19(18(7-3)8-4)13-14-9-11-15(16)12-10-14;/h9-12H,5-8,13H2,1-4H3;. The highest BCUT2D eigenvalue weighted by Crippen LogP contribution is 2.46. The van der Waals surface area contributed by atoms with Gasteiger partial charge in [0, 0.05) is 53.4 Å². The molecule has 0 fully saturated rings. The van der Waals surface area contributed by atoms with E-state index in [2.05, 4.69) is 77.2 Å². The lowest BCUT2D eigenvalue weighted by Gasteiger charge is -2.37. The van der Waals surface area contributed by atoms with Crippen molar-refractivity contribution in [3.05, 3.63) is 34.3 Å². The minimum atomic E-state index is -0.222. The Balaban J connectivity index is 0.00000361. The van der Waals surface area contributed by atoms with E-state index in [1.54, 1.807) is 0 Å². The SMILES string of the molecule is CCN(CC)P(Cc1ccc(Br)cc1)N(CC)CC.[B]. The minimum absolute atomic E-state index is 0. The van der Waals surface area contributed by atoms with Crippen molar-refractivity contribution in [2.24, 2.45) is 0 Å². The highest BCUT2D eigenvalue weighted by Gasteiger charge is 2.21. The van der Waals surface area contributed by atoms with E-state index < -0.39 is 0 Å². The van der Waals surface area contributed by atoms with Gasteiger partial charge in [-0.15, -0.1) is 0 Å². The normalized spacial score (nSPS) is 11.2. The second kappa shape index (κ2) is 10.8. The molecule has 20 heavy (non-hydrogen) atoms. The van der Waals surface area contributed by atoms with Crippen molar-refractivity contribution in [3.63, 3.8) is 0 Å². The average Bonchev–Trinajstić information content (AvgIpc) is 2.43. The number of halogens is 1. The molecule has 0 spiro atoms. The summed E-state index contributed by atoms with van der Waals surface area (Å²) < 4.78 is 6.39. The summed E-state index contributed by atoms with van der Waals surface area (Å²) >= 11 is 3.51. The monoisotopic (exact) mass is 355 g/mol. The third-order valence-electron chi connectivity index (χ3n) is 3.35. The van der Waals surface area contributed by atoms with E-state index in [-0.39, 0.29) is 16.6 Å². The molecule has 0 aromatic heterocycles. The average molecular weight is 356 g/mol. The predicted molar refractivity (Wildman–Crippen MR) is 96.4 cm³/mol. The zero-order chi connectivity index (χ0) is 14.3. The van der Waals surface area contributed by atoms with Crippen molar-refractivity contribution >= 4 is 32.6 Å². The molecule has 0 heterocycles. The molecule has 0 bridgehead atoms. The molecule has 0 aliphatic carbocycles. The van der Waals surface area contributed by atoms with Gasteiger partial charge in [0.15, 0.2) is 0 Å². The van der Waals surface area contributed by atoms with E-state index in [4.69, 9.17) is 0 Å². The van der Waals surface area contributed by atoms with Gasteiger partial charge in [0.1, 0.15) is 0 Å². The Morgan fingerprint density at radius 2 is 1.25 bits per heavy atom. The van der Waals surface area contributed by atoms with Gasteiger partial charge in [0.05, 0.1) is 0 Å². The number of hydrogen-bond acceptors (Lipinski definition) is 2. The van der Waals surface area contributed by atoms with Crippen LogP contribution in [0.25, 0.3) is 0 Å². The highest BCUT2D eigenvalue weighted by atomic mass is 79.9. The van der Waals surface area contributed by atoms with Gasteiger partial charge in [-0.05, 0) is 17.7 Å². The van der Waals surface area contributed by atoms with Gasteiger partial charge in [-0.2, -0.15) is 0 Å². The van der Waals surface area contributed by atoms with Gasteiger partial charge in [-0.1, -0.05) is 55.8 Å². The van der Waals surface area contributed by atoms with Crippen LogP contribution in [-0.2, 0) is 6.16 Å². The molecule has 0 saturated heterocycles. The molecule has 111 valence electrons. The smallest absolute Gasteiger partial charge is 0.0440 e. The van der Waals surface area contributed by atoms with Crippen LogP contribution >= 0.6 is 24.2 Å². The van der Waals surface area contributed by atoms with Crippen LogP contribution in [0.15, 0.2) is 28.7 Å². The van der Waals surface area contributed by atoms with Gasteiger partial charge in [-0.25, -0.2) is 0 Å². The first kappa shape index (κ1) is 20.1. The molecule has 0 aliphatic rings. The number of rotatable bonds is 8. The Morgan fingerprint density at radius 3 is 1.60 bits per heavy atom. The first-order chi connectivity index (χ1) is 9.15. The molecule has 0 amide bonds. The summed E-state index contributed by atoms with van der Waals surface area (Å²) in [5.74, 6) is 0. The molecule has 0 saturated carbocycles. The maximum absolute atomic E-state index is 3.51. The molecule has 0 unspecified atom stereocenters. The van der Waals surface area contributed by atoms with Crippen molar-refractivity contribution in [1.29, 1.82) is 0 Å². The molecule has 1 rings (SSSR count). The molecule has 1 aromatic carbocycles. The van der Waals surface area contributed by atoms with E-state index in [1.807, 2.05) is 0 Å². The van der Waals surface area contributed by atoms with E-state index in [9.17, 15) is 0 Å². The van der Waals surface area contributed by atoms with Crippen LogP contribution in [0.1, 0.15) is 33.3 Å². The highest BCUT2D eigenvalue weighted by molar-refractivity contribution is 9.10. The third-order valence-corrected chi connectivity index (χ3v) is 6.96.